The number of aromatic nitrogens is 5. The summed E-state index contributed by atoms with van der Waals surface area (Å²) in [5.41, 5.74) is 11.9. The normalized spacial score (nSPS) is 11.2. The highest BCUT2D eigenvalue weighted by atomic mass is 19.1. The first-order chi connectivity index (χ1) is 15.0. The van der Waals surface area contributed by atoms with Crippen LogP contribution in [0.25, 0.3) is 44.5 Å². The zero-order chi connectivity index (χ0) is 21.5. The van der Waals surface area contributed by atoms with Crippen LogP contribution in [-0.4, -0.2) is 24.7 Å². The summed E-state index contributed by atoms with van der Waals surface area (Å²) in [7, 11) is 1.85. The van der Waals surface area contributed by atoms with E-state index in [9.17, 15) is 4.39 Å². The lowest BCUT2D eigenvalue weighted by molar-refractivity contribution is 0.630. The van der Waals surface area contributed by atoms with Crippen LogP contribution >= 0.6 is 0 Å². The summed E-state index contributed by atoms with van der Waals surface area (Å²) in [6.07, 6.45) is 7.03. The van der Waals surface area contributed by atoms with E-state index in [2.05, 4.69) is 20.1 Å². The molecule has 0 radical (unpaired) electrons. The Bertz CT molecular complexity index is 1440. The lowest BCUT2D eigenvalue weighted by Crippen LogP contribution is -1.97. The van der Waals surface area contributed by atoms with Gasteiger partial charge in [0.25, 0.3) is 0 Å². The monoisotopic (exact) mass is 410 g/mol. The largest absolute Gasteiger partial charge is 0.383 e. The van der Waals surface area contributed by atoms with Gasteiger partial charge in [-0.05, 0) is 48.9 Å². The van der Waals surface area contributed by atoms with Gasteiger partial charge in [-0.25, -0.2) is 19.3 Å². The molecular weight excluding hydrogens is 391 g/mol. The van der Waals surface area contributed by atoms with Gasteiger partial charge in [-0.1, -0.05) is 11.6 Å². The third kappa shape index (κ3) is 3.40. The quantitative estimate of drug-likeness (QED) is 0.462. The molecule has 0 saturated carbocycles. The third-order valence-corrected chi connectivity index (χ3v) is 5.23. The number of nitrogens with two attached hydrogens (primary N) is 1. The number of fused-ring (bicyclic) bond motifs is 1. The maximum atomic E-state index is 14.6. The topological polar surface area (TPSA) is 82.5 Å². The minimum Gasteiger partial charge on any atom is -0.383 e. The highest BCUT2D eigenvalue weighted by Gasteiger charge is 2.15. The molecular formula is C24H19FN6. The molecule has 2 N–H and O–H groups in total. The molecule has 5 rings (SSSR count). The van der Waals surface area contributed by atoms with E-state index >= 15 is 0 Å². The van der Waals surface area contributed by atoms with Crippen molar-refractivity contribution in [3.63, 3.8) is 0 Å². The summed E-state index contributed by atoms with van der Waals surface area (Å²) in [6, 6.07) is 12.6. The van der Waals surface area contributed by atoms with Crippen LogP contribution in [0.4, 0.5) is 10.2 Å². The van der Waals surface area contributed by atoms with Crippen LogP contribution in [0, 0.1) is 12.7 Å². The van der Waals surface area contributed by atoms with E-state index in [1.54, 1.807) is 35.4 Å². The maximum absolute atomic E-state index is 14.6. The standard InChI is InChI=1S/C24H19FN6/c1-14-5-6-21(25)20(8-14)22-10-18(17-4-3-7-27-24(17)30-22)15-9-19(23(26)28-11-15)16-12-29-31(2)13-16/h3-13H,1-2H3,(H2,26,28). The van der Waals surface area contributed by atoms with Crippen LogP contribution in [-0.2, 0) is 7.05 Å². The average molecular weight is 410 g/mol. The van der Waals surface area contributed by atoms with Crippen LogP contribution in [0.5, 0.6) is 0 Å². The van der Waals surface area contributed by atoms with Crippen molar-refractivity contribution in [2.75, 3.05) is 5.73 Å². The summed E-state index contributed by atoms with van der Waals surface area (Å²) >= 11 is 0. The molecule has 0 fully saturated rings. The predicted molar refractivity (Wildman–Crippen MR) is 120 cm³/mol. The van der Waals surface area contributed by atoms with Gasteiger partial charge in [0.2, 0.25) is 0 Å². The number of hydrogen-bond donors (Lipinski definition) is 1. The Labute approximate surface area is 178 Å². The van der Waals surface area contributed by atoms with Gasteiger partial charge in [-0.2, -0.15) is 5.10 Å². The van der Waals surface area contributed by atoms with Crippen molar-refractivity contribution in [3.05, 3.63) is 78.6 Å². The summed E-state index contributed by atoms with van der Waals surface area (Å²) in [6.45, 7) is 1.92. The van der Waals surface area contributed by atoms with Crippen molar-refractivity contribution in [1.82, 2.24) is 24.7 Å². The van der Waals surface area contributed by atoms with Crippen LogP contribution in [0.1, 0.15) is 5.56 Å². The van der Waals surface area contributed by atoms with Gasteiger partial charge in [0.1, 0.15) is 11.6 Å². The van der Waals surface area contributed by atoms with Gasteiger partial charge >= 0.3 is 0 Å². The average Bonchev–Trinajstić information content (AvgIpc) is 3.21. The third-order valence-electron chi connectivity index (χ3n) is 5.23. The SMILES string of the molecule is Cc1ccc(F)c(-c2cc(-c3cnc(N)c(-c4cnn(C)c4)c3)c3cccnc3n2)c1. The van der Waals surface area contributed by atoms with Gasteiger partial charge in [-0.3, -0.25) is 4.68 Å². The maximum Gasteiger partial charge on any atom is 0.160 e. The first kappa shape index (κ1) is 18.9. The number of anilines is 1. The zero-order valence-electron chi connectivity index (χ0n) is 17.0. The van der Waals surface area contributed by atoms with E-state index in [1.807, 2.05) is 44.4 Å². The van der Waals surface area contributed by atoms with Crippen molar-refractivity contribution in [3.8, 4) is 33.5 Å². The van der Waals surface area contributed by atoms with E-state index in [0.29, 0.717) is 22.7 Å². The summed E-state index contributed by atoms with van der Waals surface area (Å²) in [5.74, 6) is 0.0870. The van der Waals surface area contributed by atoms with E-state index in [-0.39, 0.29) is 5.82 Å². The van der Waals surface area contributed by atoms with Gasteiger partial charge in [0, 0.05) is 53.3 Å². The molecule has 5 aromatic rings. The highest BCUT2D eigenvalue weighted by Crippen LogP contribution is 2.35. The molecule has 4 aromatic heterocycles. The Balaban J connectivity index is 1.76. The molecule has 0 aliphatic carbocycles. The first-order valence-corrected chi connectivity index (χ1v) is 9.77. The zero-order valence-corrected chi connectivity index (χ0v) is 17.0. The number of rotatable bonds is 3. The second-order valence-corrected chi connectivity index (χ2v) is 7.47. The summed E-state index contributed by atoms with van der Waals surface area (Å²) in [5, 5.41) is 5.08. The van der Waals surface area contributed by atoms with Gasteiger partial charge in [0.05, 0.1) is 11.9 Å². The van der Waals surface area contributed by atoms with Crippen LogP contribution < -0.4 is 5.73 Å². The number of nitrogen functional groups attached to an aromatic ring is 1. The fourth-order valence-corrected chi connectivity index (χ4v) is 3.68. The van der Waals surface area contributed by atoms with Gasteiger partial charge in [0.15, 0.2) is 5.65 Å². The minimum atomic E-state index is -0.328. The Morgan fingerprint density at radius 3 is 2.61 bits per heavy atom. The van der Waals surface area contributed by atoms with Crippen LogP contribution in [0.2, 0.25) is 0 Å². The second-order valence-electron chi connectivity index (χ2n) is 7.47. The molecule has 7 heteroatoms. The molecule has 152 valence electrons. The molecule has 31 heavy (non-hydrogen) atoms. The molecule has 1 aromatic carbocycles. The predicted octanol–water partition coefficient (Wildman–Crippen LogP) is 4.79. The van der Waals surface area contributed by atoms with E-state index in [4.69, 9.17) is 5.73 Å². The lowest BCUT2D eigenvalue weighted by Gasteiger charge is -2.12. The number of benzene rings is 1. The molecule has 0 spiro atoms. The van der Waals surface area contributed by atoms with Gasteiger partial charge in [-0.15, -0.1) is 0 Å². The minimum absolute atomic E-state index is 0.328. The molecule has 0 bridgehead atoms. The molecule has 0 atom stereocenters. The number of pyridine rings is 3. The Morgan fingerprint density at radius 1 is 0.935 bits per heavy atom. The molecule has 0 amide bonds. The van der Waals surface area contributed by atoms with Crippen molar-refractivity contribution >= 4 is 16.9 Å². The van der Waals surface area contributed by atoms with E-state index in [1.165, 1.54) is 6.07 Å². The fraction of sp³-hybridized carbons (Fsp3) is 0.0833. The number of hydrogen-bond acceptors (Lipinski definition) is 5. The molecule has 0 aliphatic rings. The Morgan fingerprint density at radius 2 is 1.81 bits per heavy atom. The summed E-state index contributed by atoms with van der Waals surface area (Å²) < 4.78 is 16.3. The molecule has 0 aliphatic heterocycles. The summed E-state index contributed by atoms with van der Waals surface area (Å²) in [4.78, 5) is 13.4. The lowest BCUT2D eigenvalue weighted by atomic mass is 9.98. The van der Waals surface area contributed by atoms with E-state index < -0.39 is 0 Å². The van der Waals surface area contributed by atoms with Crippen molar-refractivity contribution < 1.29 is 4.39 Å². The van der Waals surface area contributed by atoms with Crippen LogP contribution in [0.15, 0.2) is 67.3 Å². The van der Waals surface area contributed by atoms with Crippen molar-refractivity contribution in [2.45, 2.75) is 6.92 Å². The van der Waals surface area contributed by atoms with Crippen molar-refractivity contribution in [2.24, 2.45) is 7.05 Å². The molecule has 0 unspecified atom stereocenters. The molecule has 4 heterocycles. The van der Waals surface area contributed by atoms with E-state index in [0.717, 1.165) is 33.2 Å². The number of aryl methyl sites for hydroxylation is 2. The fourth-order valence-electron chi connectivity index (χ4n) is 3.68. The smallest absolute Gasteiger partial charge is 0.160 e. The molecule has 6 nitrogen and oxygen atoms in total. The van der Waals surface area contributed by atoms with Crippen LogP contribution in [0.3, 0.4) is 0 Å². The number of nitrogens with zero attached hydrogens (tertiary/aromatic N) is 5. The Hall–Kier alpha value is -4.13. The Kier molecular flexibility index (Phi) is 4.43. The van der Waals surface area contributed by atoms with Gasteiger partial charge < -0.3 is 5.73 Å². The van der Waals surface area contributed by atoms with Crippen molar-refractivity contribution in [1.29, 1.82) is 0 Å². The second kappa shape index (κ2) is 7.28. The highest BCUT2D eigenvalue weighted by molar-refractivity contribution is 5.96. The first-order valence-electron chi connectivity index (χ1n) is 9.77. The molecule has 0 saturated heterocycles. The number of halogens is 1.